The van der Waals surface area contributed by atoms with Crippen molar-refractivity contribution in [2.45, 2.75) is 31.7 Å². The van der Waals surface area contributed by atoms with Crippen molar-refractivity contribution in [2.24, 2.45) is 11.8 Å². The van der Waals surface area contributed by atoms with Crippen LogP contribution in [0.1, 0.15) is 25.7 Å². The van der Waals surface area contributed by atoms with Crippen LogP contribution >= 0.6 is 0 Å². The molecule has 3 N–H and O–H groups in total. The Morgan fingerprint density at radius 1 is 0.971 bits per heavy atom. The maximum Gasteiger partial charge on any atom is 0.248 e. The molecule has 4 heterocycles. The molecule has 3 aromatic heterocycles. The molecule has 0 amide bonds. The van der Waals surface area contributed by atoms with E-state index in [1.165, 1.54) is 49.1 Å². The summed E-state index contributed by atoms with van der Waals surface area (Å²) < 4.78 is 6.99. The van der Waals surface area contributed by atoms with Gasteiger partial charge in [0, 0.05) is 49.8 Å². The normalized spacial score (nSPS) is 24.5. The molecular formula is C26H30N8O. The third-order valence-electron chi connectivity index (χ3n) is 8.16. The lowest BCUT2D eigenvalue weighted by molar-refractivity contribution is 0.135. The first kappa shape index (κ1) is 20.8. The monoisotopic (exact) mass is 470 g/mol. The minimum atomic E-state index is 0.263. The van der Waals surface area contributed by atoms with E-state index in [1.54, 1.807) is 12.5 Å². The maximum absolute atomic E-state index is 6.15. The zero-order valence-electron chi connectivity index (χ0n) is 19.7. The van der Waals surface area contributed by atoms with Crippen molar-refractivity contribution in [1.82, 2.24) is 24.6 Å². The highest BCUT2D eigenvalue weighted by atomic mass is 16.3. The number of fused-ring (bicyclic) bond motifs is 3. The molecule has 35 heavy (non-hydrogen) atoms. The minimum Gasteiger partial charge on any atom is -0.464 e. The Hall–Kier alpha value is -3.59. The summed E-state index contributed by atoms with van der Waals surface area (Å²) in [4.78, 5) is 14.1. The van der Waals surface area contributed by atoms with E-state index in [0.717, 1.165) is 47.6 Å². The lowest BCUT2D eigenvalue weighted by Gasteiger charge is -2.41. The number of hydrogen-bond acceptors (Lipinski definition) is 8. The number of piperazine rings is 1. The van der Waals surface area contributed by atoms with Crippen molar-refractivity contribution in [3.05, 3.63) is 48.9 Å². The van der Waals surface area contributed by atoms with Gasteiger partial charge in [-0.3, -0.25) is 4.90 Å². The fourth-order valence-corrected chi connectivity index (χ4v) is 6.44. The van der Waals surface area contributed by atoms with Gasteiger partial charge in [-0.05, 0) is 67.5 Å². The van der Waals surface area contributed by atoms with E-state index in [4.69, 9.17) is 10.2 Å². The fourth-order valence-electron chi connectivity index (χ4n) is 6.44. The number of aromatic nitrogens is 4. The van der Waals surface area contributed by atoms with Crippen LogP contribution < -0.4 is 16.0 Å². The van der Waals surface area contributed by atoms with E-state index in [9.17, 15) is 0 Å². The van der Waals surface area contributed by atoms with Gasteiger partial charge in [0.1, 0.15) is 5.58 Å². The van der Waals surface area contributed by atoms with Crippen LogP contribution in [-0.4, -0.2) is 56.9 Å². The second-order valence-corrected chi connectivity index (χ2v) is 10.1. The first-order valence-corrected chi connectivity index (χ1v) is 12.6. The number of rotatable bonds is 5. The lowest BCUT2D eigenvalue weighted by atomic mass is 9.93. The third kappa shape index (κ3) is 3.70. The number of hydrogen-bond donors (Lipinski definition) is 2. The average Bonchev–Trinajstić information content (AvgIpc) is 3.69. The molecule has 4 aromatic rings. The van der Waals surface area contributed by atoms with Gasteiger partial charge >= 0.3 is 0 Å². The first-order chi connectivity index (χ1) is 17.2. The SMILES string of the molecule is Nc1nc(Nc2ccc(N3CCN(C4CC5CCC4C5)CC3)cc2)nn1-c1nccc2occc12. The van der Waals surface area contributed by atoms with Gasteiger partial charge in [-0.1, -0.05) is 6.42 Å². The maximum atomic E-state index is 6.15. The molecule has 3 atom stereocenters. The summed E-state index contributed by atoms with van der Waals surface area (Å²) in [7, 11) is 0. The Morgan fingerprint density at radius 3 is 2.60 bits per heavy atom. The summed E-state index contributed by atoms with van der Waals surface area (Å²) in [6.45, 7) is 4.53. The van der Waals surface area contributed by atoms with Gasteiger partial charge in [0.2, 0.25) is 11.9 Å². The molecular weight excluding hydrogens is 440 g/mol. The van der Waals surface area contributed by atoms with Crippen LogP contribution in [0.4, 0.5) is 23.3 Å². The number of anilines is 4. The van der Waals surface area contributed by atoms with Gasteiger partial charge in [0.25, 0.3) is 0 Å². The highest BCUT2D eigenvalue weighted by Gasteiger charge is 2.42. The Balaban J connectivity index is 1.01. The van der Waals surface area contributed by atoms with Crippen LogP contribution in [0.3, 0.4) is 0 Å². The van der Waals surface area contributed by atoms with Crippen molar-refractivity contribution in [3.63, 3.8) is 0 Å². The molecule has 2 saturated carbocycles. The lowest BCUT2D eigenvalue weighted by Crippen LogP contribution is -2.51. The molecule has 3 fully saturated rings. The summed E-state index contributed by atoms with van der Waals surface area (Å²) in [5, 5.41) is 8.63. The average molecular weight is 471 g/mol. The number of benzene rings is 1. The van der Waals surface area contributed by atoms with Gasteiger partial charge in [0.15, 0.2) is 5.82 Å². The Labute approximate surface area is 203 Å². The molecule has 1 aromatic carbocycles. The van der Waals surface area contributed by atoms with Crippen LogP contribution in [0, 0.1) is 11.8 Å². The van der Waals surface area contributed by atoms with Crippen molar-refractivity contribution in [3.8, 4) is 5.82 Å². The summed E-state index contributed by atoms with van der Waals surface area (Å²) >= 11 is 0. The van der Waals surface area contributed by atoms with Gasteiger partial charge < -0.3 is 20.4 Å². The van der Waals surface area contributed by atoms with Crippen LogP contribution in [0.25, 0.3) is 16.8 Å². The molecule has 0 radical (unpaired) electrons. The highest BCUT2D eigenvalue weighted by Crippen LogP contribution is 2.46. The van der Waals surface area contributed by atoms with Gasteiger partial charge in [-0.25, -0.2) is 4.98 Å². The predicted molar refractivity (Wildman–Crippen MR) is 136 cm³/mol. The molecule has 9 heteroatoms. The van der Waals surface area contributed by atoms with Crippen molar-refractivity contribution in [1.29, 1.82) is 0 Å². The molecule has 3 aliphatic rings. The van der Waals surface area contributed by atoms with E-state index in [-0.39, 0.29) is 5.95 Å². The largest absolute Gasteiger partial charge is 0.464 e. The second kappa shape index (κ2) is 8.27. The first-order valence-electron chi connectivity index (χ1n) is 12.6. The van der Waals surface area contributed by atoms with Crippen LogP contribution in [0.15, 0.2) is 53.3 Å². The number of nitrogens with two attached hydrogens (primary N) is 1. The Bertz CT molecular complexity index is 1340. The molecule has 1 saturated heterocycles. The van der Waals surface area contributed by atoms with Crippen molar-refractivity contribution >= 4 is 34.2 Å². The fraction of sp³-hybridized carbons (Fsp3) is 0.423. The van der Waals surface area contributed by atoms with Gasteiger partial charge in [0.05, 0.1) is 11.6 Å². The molecule has 180 valence electrons. The quantitative estimate of drug-likeness (QED) is 0.451. The standard InChI is InChI=1S/C26H30N8O/c27-25-30-26(31-34(25)24-21-8-14-35-23(21)7-9-28-24)29-19-3-5-20(6-4-19)32-10-12-33(13-11-32)22-16-17-1-2-18(22)15-17/h3-9,14,17-18,22H,1-2,10-13,15-16H2,(H3,27,29,30,31). The smallest absolute Gasteiger partial charge is 0.248 e. The molecule has 7 rings (SSSR count). The zero-order valence-corrected chi connectivity index (χ0v) is 19.7. The van der Waals surface area contributed by atoms with Gasteiger partial charge in [-0.2, -0.15) is 9.67 Å². The van der Waals surface area contributed by atoms with E-state index in [0.29, 0.717) is 11.8 Å². The van der Waals surface area contributed by atoms with E-state index in [2.05, 4.69) is 54.4 Å². The Kier molecular flexibility index (Phi) is 4.90. The van der Waals surface area contributed by atoms with Crippen LogP contribution in [0.2, 0.25) is 0 Å². The van der Waals surface area contributed by atoms with Gasteiger partial charge in [-0.15, -0.1) is 5.10 Å². The third-order valence-corrected chi connectivity index (χ3v) is 8.16. The molecule has 1 aliphatic heterocycles. The highest BCUT2D eigenvalue weighted by molar-refractivity contribution is 5.84. The zero-order chi connectivity index (χ0) is 23.4. The topological polar surface area (TPSA) is 101 Å². The molecule has 3 unspecified atom stereocenters. The number of nitrogen functional groups attached to an aromatic ring is 1. The van der Waals surface area contributed by atoms with E-state index >= 15 is 0 Å². The van der Waals surface area contributed by atoms with Crippen LogP contribution in [-0.2, 0) is 0 Å². The molecule has 0 spiro atoms. The molecule has 2 bridgehead atoms. The molecule has 9 nitrogen and oxygen atoms in total. The Morgan fingerprint density at radius 2 is 1.83 bits per heavy atom. The summed E-state index contributed by atoms with van der Waals surface area (Å²) in [5.41, 5.74) is 9.06. The van der Waals surface area contributed by atoms with E-state index < -0.39 is 0 Å². The number of nitrogens with one attached hydrogen (secondary N) is 1. The summed E-state index contributed by atoms with van der Waals surface area (Å²) in [5.74, 6) is 3.26. The summed E-state index contributed by atoms with van der Waals surface area (Å²) in [6, 6.07) is 13.0. The number of nitrogens with zero attached hydrogens (tertiary/aromatic N) is 6. The number of furan rings is 1. The summed E-state index contributed by atoms with van der Waals surface area (Å²) in [6.07, 6.45) is 9.15. The van der Waals surface area contributed by atoms with Crippen LogP contribution in [0.5, 0.6) is 0 Å². The number of pyridine rings is 1. The van der Waals surface area contributed by atoms with E-state index in [1.807, 2.05) is 12.1 Å². The predicted octanol–water partition coefficient (Wildman–Crippen LogP) is 4.04. The minimum absolute atomic E-state index is 0.263. The second-order valence-electron chi connectivity index (χ2n) is 10.1. The van der Waals surface area contributed by atoms with Crippen molar-refractivity contribution in [2.75, 3.05) is 42.1 Å². The molecule has 2 aliphatic carbocycles. The van der Waals surface area contributed by atoms with Crippen molar-refractivity contribution < 1.29 is 4.42 Å².